The first kappa shape index (κ1) is 25.1. The van der Waals surface area contributed by atoms with E-state index >= 15 is 0 Å². The summed E-state index contributed by atoms with van der Waals surface area (Å²) in [5, 5.41) is 3.60. The van der Waals surface area contributed by atoms with Crippen LogP contribution in [-0.4, -0.2) is 79.1 Å². The molecule has 1 N–H and O–H groups in total. The normalized spacial score (nSPS) is 14.5. The van der Waals surface area contributed by atoms with Gasteiger partial charge in [0.25, 0.3) is 5.91 Å². The Labute approximate surface area is 220 Å². The van der Waals surface area contributed by atoms with Gasteiger partial charge in [-0.25, -0.2) is 4.98 Å². The third kappa shape index (κ3) is 6.43. The van der Waals surface area contributed by atoms with Crippen LogP contribution in [0.15, 0.2) is 60.8 Å². The number of benzene rings is 2. The van der Waals surface area contributed by atoms with E-state index in [0.29, 0.717) is 30.2 Å². The van der Waals surface area contributed by atoms with Crippen molar-refractivity contribution in [3.63, 3.8) is 0 Å². The second-order valence-electron chi connectivity index (χ2n) is 9.07. The maximum absolute atomic E-state index is 11.9. The number of para-hydroxylation sites is 1. The van der Waals surface area contributed by atoms with Gasteiger partial charge >= 0.3 is 0 Å². The standard InChI is InChI=1S/C28H31N5O3S/c1-29-28(34)24-18-22(9-10-30-24)36-21-7-8-23-26(19-21)37-27(31-23)17-20-5-3-4-6-25(20)35-16-15-33-13-11-32(2)12-14-33/h3-10,18-19H,11-17H2,1-2H3,(H,29,34). The van der Waals surface area contributed by atoms with Crippen LogP contribution < -0.4 is 14.8 Å². The van der Waals surface area contributed by atoms with Crippen LogP contribution >= 0.6 is 11.3 Å². The molecular formula is C28H31N5O3S. The highest BCUT2D eigenvalue weighted by atomic mass is 32.1. The van der Waals surface area contributed by atoms with Crippen LogP contribution in [0.5, 0.6) is 17.2 Å². The molecule has 0 bridgehead atoms. The SMILES string of the molecule is CNC(=O)c1cc(Oc2ccc3nc(Cc4ccccc4OCCN4CCN(C)CC4)sc3c2)ccn1. The molecule has 0 atom stereocenters. The Morgan fingerprint density at radius 3 is 2.70 bits per heavy atom. The summed E-state index contributed by atoms with van der Waals surface area (Å²) < 4.78 is 13.2. The number of carbonyl (C=O) groups is 1. The lowest BCUT2D eigenvalue weighted by atomic mass is 10.1. The Balaban J connectivity index is 1.24. The zero-order valence-electron chi connectivity index (χ0n) is 21.1. The molecule has 4 aromatic rings. The van der Waals surface area contributed by atoms with Crippen LogP contribution in [0.1, 0.15) is 21.1 Å². The van der Waals surface area contributed by atoms with E-state index in [9.17, 15) is 4.79 Å². The third-order valence-electron chi connectivity index (χ3n) is 6.41. The monoisotopic (exact) mass is 517 g/mol. The van der Waals surface area contributed by atoms with Crippen molar-refractivity contribution in [1.29, 1.82) is 0 Å². The summed E-state index contributed by atoms with van der Waals surface area (Å²) in [6.45, 7) is 6.03. The number of ether oxygens (including phenoxy) is 2. The lowest BCUT2D eigenvalue weighted by Crippen LogP contribution is -2.45. The number of pyridine rings is 1. The van der Waals surface area contributed by atoms with Crippen LogP contribution in [0, 0.1) is 0 Å². The van der Waals surface area contributed by atoms with Crippen molar-refractivity contribution >= 4 is 27.5 Å². The molecule has 1 fully saturated rings. The predicted molar refractivity (Wildman–Crippen MR) is 146 cm³/mol. The Morgan fingerprint density at radius 1 is 1.05 bits per heavy atom. The number of fused-ring (bicyclic) bond motifs is 1. The molecule has 1 saturated heterocycles. The molecule has 1 aliphatic rings. The summed E-state index contributed by atoms with van der Waals surface area (Å²) in [5.41, 5.74) is 2.38. The molecule has 192 valence electrons. The van der Waals surface area contributed by atoms with E-state index in [1.54, 1.807) is 36.7 Å². The first-order chi connectivity index (χ1) is 18.1. The second-order valence-corrected chi connectivity index (χ2v) is 10.2. The molecule has 3 heterocycles. The maximum atomic E-state index is 11.9. The highest BCUT2D eigenvalue weighted by Crippen LogP contribution is 2.31. The summed E-state index contributed by atoms with van der Waals surface area (Å²) in [7, 11) is 3.75. The van der Waals surface area contributed by atoms with Crippen molar-refractivity contribution in [2.24, 2.45) is 0 Å². The molecule has 1 aliphatic heterocycles. The molecule has 37 heavy (non-hydrogen) atoms. The molecule has 8 nitrogen and oxygen atoms in total. The molecule has 2 aromatic heterocycles. The number of amides is 1. The highest BCUT2D eigenvalue weighted by Gasteiger charge is 2.15. The minimum Gasteiger partial charge on any atom is -0.492 e. The number of piperazine rings is 1. The fourth-order valence-electron chi connectivity index (χ4n) is 4.26. The Hall–Kier alpha value is -3.53. The number of nitrogens with zero attached hydrogens (tertiary/aromatic N) is 4. The third-order valence-corrected chi connectivity index (χ3v) is 7.42. The average Bonchev–Trinajstić information content (AvgIpc) is 3.32. The van der Waals surface area contributed by atoms with Crippen LogP contribution in [0.4, 0.5) is 0 Å². The quantitative estimate of drug-likeness (QED) is 0.359. The van der Waals surface area contributed by atoms with Gasteiger partial charge in [-0.2, -0.15) is 0 Å². The van der Waals surface area contributed by atoms with Crippen LogP contribution in [0.25, 0.3) is 10.2 Å². The summed E-state index contributed by atoms with van der Waals surface area (Å²) in [5.74, 6) is 1.91. The lowest BCUT2D eigenvalue weighted by molar-refractivity contribution is 0.0958. The van der Waals surface area contributed by atoms with E-state index in [1.165, 1.54) is 0 Å². The van der Waals surface area contributed by atoms with E-state index in [1.807, 2.05) is 36.4 Å². The lowest BCUT2D eigenvalue weighted by Gasteiger charge is -2.32. The Bertz CT molecular complexity index is 1370. The number of nitrogens with one attached hydrogen (secondary N) is 1. The van der Waals surface area contributed by atoms with Crippen LogP contribution in [-0.2, 0) is 6.42 Å². The molecule has 9 heteroatoms. The molecule has 5 rings (SSSR count). The number of rotatable bonds is 9. The zero-order chi connectivity index (χ0) is 25.6. The van der Waals surface area contributed by atoms with Crippen molar-refractivity contribution in [3.8, 4) is 17.2 Å². The van der Waals surface area contributed by atoms with Gasteiger partial charge in [0.15, 0.2) is 0 Å². The molecule has 0 saturated carbocycles. The van der Waals surface area contributed by atoms with Gasteiger partial charge in [-0.3, -0.25) is 14.7 Å². The van der Waals surface area contributed by atoms with Gasteiger partial charge in [-0.15, -0.1) is 11.3 Å². The Morgan fingerprint density at radius 2 is 1.86 bits per heavy atom. The zero-order valence-corrected chi connectivity index (χ0v) is 22.0. The van der Waals surface area contributed by atoms with E-state index < -0.39 is 0 Å². The minimum absolute atomic E-state index is 0.253. The number of carbonyl (C=O) groups excluding carboxylic acids is 1. The average molecular weight is 518 g/mol. The van der Waals surface area contributed by atoms with Crippen molar-refractivity contribution in [2.75, 3.05) is 53.4 Å². The number of hydrogen-bond donors (Lipinski definition) is 1. The number of hydrogen-bond acceptors (Lipinski definition) is 8. The summed E-state index contributed by atoms with van der Waals surface area (Å²) in [6, 6.07) is 17.4. The van der Waals surface area contributed by atoms with E-state index in [4.69, 9.17) is 14.5 Å². The van der Waals surface area contributed by atoms with Gasteiger partial charge in [0.2, 0.25) is 0 Å². The smallest absolute Gasteiger partial charge is 0.269 e. The molecule has 1 amide bonds. The maximum Gasteiger partial charge on any atom is 0.269 e. The summed E-state index contributed by atoms with van der Waals surface area (Å²) in [6.07, 6.45) is 2.27. The molecule has 0 unspecified atom stereocenters. The van der Waals surface area contributed by atoms with Crippen molar-refractivity contribution in [1.82, 2.24) is 25.1 Å². The molecule has 0 aliphatic carbocycles. The molecular weight excluding hydrogens is 486 g/mol. The predicted octanol–water partition coefficient (Wildman–Crippen LogP) is 4.06. The summed E-state index contributed by atoms with van der Waals surface area (Å²) >= 11 is 1.65. The second kappa shape index (κ2) is 11.7. The number of likely N-dealkylation sites (N-methyl/N-ethyl adjacent to an activating group) is 1. The van der Waals surface area contributed by atoms with Crippen molar-refractivity contribution in [3.05, 3.63) is 77.1 Å². The molecule has 0 radical (unpaired) electrons. The minimum atomic E-state index is -0.253. The van der Waals surface area contributed by atoms with Gasteiger partial charge in [-0.05, 0) is 31.3 Å². The summed E-state index contributed by atoms with van der Waals surface area (Å²) in [4.78, 5) is 25.6. The van der Waals surface area contributed by atoms with Gasteiger partial charge < -0.3 is 19.7 Å². The number of thiazole rings is 1. The molecule has 0 spiro atoms. The fourth-order valence-corrected chi connectivity index (χ4v) is 5.28. The van der Waals surface area contributed by atoms with Gasteiger partial charge in [0, 0.05) is 70.1 Å². The Kier molecular flexibility index (Phi) is 7.93. The van der Waals surface area contributed by atoms with Crippen molar-refractivity contribution < 1.29 is 14.3 Å². The number of aromatic nitrogens is 2. The van der Waals surface area contributed by atoms with Crippen molar-refractivity contribution in [2.45, 2.75) is 6.42 Å². The van der Waals surface area contributed by atoms with Crippen LogP contribution in [0.3, 0.4) is 0 Å². The first-order valence-electron chi connectivity index (χ1n) is 12.4. The van der Waals surface area contributed by atoms with Gasteiger partial charge in [0.1, 0.15) is 29.5 Å². The van der Waals surface area contributed by atoms with E-state index in [0.717, 1.165) is 59.3 Å². The van der Waals surface area contributed by atoms with Gasteiger partial charge in [-0.1, -0.05) is 18.2 Å². The largest absolute Gasteiger partial charge is 0.492 e. The van der Waals surface area contributed by atoms with Crippen LogP contribution in [0.2, 0.25) is 0 Å². The highest BCUT2D eigenvalue weighted by molar-refractivity contribution is 7.18. The van der Waals surface area contributed by atoms with Gasteiger partial charge in [0.05, 0.1) is 15.2 Å². The van der Waals surface area contributed by atoms with E-state index in [-0.39, 0.29) is 5.91 Å². The topological polar surface area (TPSA) is 79.8 Å². The first-order valence-corrected chi connectivity index (χ1v) is 13.3. The molecule has 2 aromatic carbocycles. The fraction of sp³-hybridized carbons (Fsp3) is 0.321. The van der Waals surface area contributed by atoms with E-state index in [2.05, 4.69) is 33.2 Å².